The van der Waals surface area contributed by atoms with Gasteiger partial charge in [0.1, 0.15) is 18.4 Å². The van der Waals surface area contributed by atoms with Crippen LogP contribution in [0.4, 0.5) is 5.69 Å². The van der Waals surface area contributed by atoms with Gasteiger partial charge in [-0.05, 0) is 50.5 Å². The molecule has 22 heavy (non-hydrogen) atoms. The molecule has 1 aromatic rings. The van der Waals surface area contributed by atoms with Gasteiger partial charge in [0.05, 0.1) is 18.5 Å². The predicted octanol–water partition coefficient (Wildman–Crippen LogP) is 2.93. The third-order valence-electron chi connectivity index (χ3n) is 3.93. The third-order valence-corrected chi connectivity index (χ3v) is 3.93. The van der Waals surface area contributed by atoms with Gasteiger partial charge in [0, 0.05) is 5.69 Å². The van der Waals surface area contributed by atoms with Crippen LogP contribution in [0.3, 0.4) is 0 Å². The van der Waals surface area contributed by atoms with Crippen LogP contribution in [0.2, 0.25) is 0 Å². The first-order valence-corrected chi connectivity index (χ1v) is 7.52. The Labute approximate surface area is 130 Å². The maximum atomic E-state index is 11.5. The number of aliphatic imine (C=N–C) groups is 1. The summed E-state index contributed by atoms with van der Waals surface area (Å²) in [5, 5.41) is 3.41. The average molecular weight is 300 g/mol. The first-order valence-electron chi connectivity index (χ1n) is 7.52. The number of fused-ring (bicyclic) bond motifs is 1. The van der Waals surface area contributed by atoms with Gasteiger partial charge in [-0.2, -0.15) is 0 Å². The lowest BCUT2D eigenvalue weighted by Gasteiger charge is -2.28. The zero-order chi connectivity index (χ0) is 15.5. The smallest absolute Gasteiger partial charge is 0.159 e. The number of rotatable bonds is 4. The molecule has 1 heterocycles. The highest BCUT2D eigenvalue weighted by molar-refractivity contribution is 6.02. The van der Waals surface area contributed by atoms with Gasteiger partial charge in [0.25, 0.3) is 0 Å². The van der Waals surface area contributed by atoms with Crippen molar-refractivity contribution in [2.24, 2.45) is 4.99 Å². The van der Waals surface area contributed by atoms with Crippen molar-refractivity contribution in [2.75, 3.05) is 19.0 Å². The second-order valence-corrected chi connectivity index (χ2v) is 5.53. The largest absolute Gasteiger partial charge is 0.497 e. The number of nitrogens with zero attached hydrogens (tertiary/aromatic N) is 1. The van der Waals surface area contributed by atoms with Crippen molar-refractivity contribution in [3.05, 3.63) is 35.7 Å². The van der Waals surface area contributed by atoms with E-state index in [4.69, 9.17) is 9.47 Å². The molecule has 1 N–H and O–H groups in total. The summed E-state index contributed by atoms with van der Waals surface area (Å²) in [4.78, 5) is 16.0. The summed E-state index contributed by atoms with van der Waals surface area (Å²) < 4.78 is 11.0. The van der Waals surface area contributed by atoms with Crippen LogP contribution in [0.15, 0.2) is 40.7 Å². The van der Waals surface area contributed by atoms with Crippen LogP contribution in [0.1, 0.15) is 26.2 Å². The van der Waals surface area contributed by atoms with E-state index in [1.807, 2.05) is 24.3 Å². The molecule has 1 aromatic carbocycles. The number of carbonyl (C=O) groups is 1. The molecule has 2 aliphatic rings. The molecule has 1 unspecified atom stereocenters. The second-order valence-electron chi connectivity index (χ2n) is 5.53. The van der Waals surface area contributed by atoms with Crippen molar-refractivity contribution < 1.29 is 14.3 Å². The number of benzene rings is 1. The summed E-state index contributed by atoms with van der Waals surface area (Å²) in [5.74, 6) is 1.70. The van der Waals surface area contributed by atoms with E-state index in [9.17, 15) is 4.79 Å². The van der Waals surface area contributed by atoms with Gasteiger partial charge in [-0.25, -0.2) is 0 Å². The average Bonchev–Trinajstić information content (AvgIpc) is 2.55. The highest BCUT2D eigenvalue weighted by Crippen LogP contribution is 2.29. The van der Waals surface area contributed by atoms with Gasteiger partial charge >= 0.3 is 0 Å². The van der Waals surface area contributed by atoms with Gasteiger partial charge < -0.3 is 14.8 Å². The van der Waals surface area contributed by atoms with Crippen molar-refractivity contribution in [1.29, 1.82) is 0 Å². The van der Waals surface area contributed by atoms with Crippen molar-refractivity contribution in [3.63, 3.8) is 0 Å². The highest BCUT2D eigenvalue weighted by Gasteiger charge is 2.28. The predicted molar refractivity (Wildman–Crippen MR) is 85.3 cm³/mol. The van der Waals surface area contributed by atoms with E-state index in [0.717, 1.165) is 47.9 Å². The third kappa shape index (κ3) is 2.98. The summed E-state index contributed by atoms with van der Waals surface area (Å²) >= 11 is 0. The summed E-state index contributed by atoms with van der Waals surface area (Å²) in [6, 6.07) is 7.43. The number of Topliss-reactive ketones (excluding diaryl/α,β-unsaturated/α-hetero) is 1. The number of ketones is 1. The molecule has 0 saturated carbocycles. The van der Waals surface area contributed by atoms with E-state index >= 15 is 0 Å². The van der Waals surface area contributed by atoms with Crippen molar-refractivity contribution >= 4 is 17.2 Å². The van der Waals surface area contributed by atoms with Gasteiger partial charge in [0.2, 0.25) is 0 Å². The molecule has 0 fully saturated rings. The Morgan fingerprint density at radius 1 is 1.32 bits per heavy atom. The Morgan fingerprint density at radius 2 is 2.09 bits per heavy atom. The lowest BCUT2D eigenvalue weighted by atomic mass is 9.98. The number of ether oxygens (including phenoxy) is 2. The zero-order valence-corrected chi connectivity index (χ0v) is 12.9. The second kappa shape index (κ2) is 6.22. The minimum absolute atomic E-state index is 0.0572. The van der Waals surface area contributed by atoms with Crippen LogP contribution >= 0.6 is 0 Å². The van der Waals surface area contributed by atoms with Gasteiger partial charge in [-0.1, -0.05) is 0 Å². The summed E-state index contributed by atoms with van der Waals surface area (Å²) in [7, 11) is 1.65. The van der Waals surface area contributed by atoms with Crippen LogP contribution in [0.5, 0.6) is 5.75 Å². The summed E-state index contributed by atoms with van der Waals surface area (Å²) in [6.45, 7) is 1.90. The van der Waals surface area contributed by atoms with Gasteiger partial charge in [-0.3, -0.25) is 9.79 Å². The first kappa shape index (κ1) is 14.6. The molecule has 116 valence electrons. The number of methoxy groups -OCH3 is 1. The Kier molecular flexibility index (Phi) is 4.13. The SMILES string of the molecule is COc1ccc(NC2=C3OCC(C(C)=O)N=C3CCC2)cc1. The molecule has 0 radical (unpaired) electrons. The van der Waals surface area contributed by atoms with E-state index in [0.29, 0.717) is 6.61 Å². The molecule has 0 bridgehead atoms. The first-order chi connectivity index (χ1) is 10.7. The zero-order valence-electron chi connectivity index (χ0n) is 12.9. The van der Waals surface area contributed by atoms with E-state index in [2.05, 4.69) is 10.3 Å². The molecule has 0 amide bonds. The monoisotopic (exact) mass is 300 g/mol. The molecule has 0 saturated heterocycles. The minimum Gasteiger partial charge on any atom is -0.497 e. The molecule has 1 atom stereocenters. The Balaban J connectivity index is 1.83. The summed E-state index contributed by atoms with van der Waals surface area (Å²) in [5.41, 5.74) is 2.94. The number of anilines is 1. The van der Waals surface area contributed by atoms with Crippen LogP contribution < -0.4 is 10.1 Å². The van der Waals surface area contributed by atoms with E-state index in [1.54, 1.807) is 14.0 Å². The van der Waals surface area contributed by atoms with Crippen LogP contribution in [0.25, 0.3) is 0 Å². The fourth-order valence-electron chi connectivity index (χ4n) is 2.69. The number of nitrogens with one attached hydrogen (secondary N) is 1. The normalized spacial score (nSPS) is 20.6. The molecule has 1 aliphatic heterocycles. The van der Waals surface area contributed by atoms with Gasteiger partial charge in [-0.15, -0.1) is 0 Å². The van der Waals surface area contributed by atoms with E-state index in [1.165, 1.54) is 0 Å². The summed E-state index contributed by atoms with van der Waals surface area (Å²) in [6.07, 6.45) is 2.80. The van der Waals surface area contributed by atoms with Gasteiger partial charge in [0.15, 0.2) is 11.5 Å². The lowest BCUT2D eigenvalue weighted by molar-refractivity contribution is -0.119. The number of allylic oxidation sites excluding steroid dienone is 2. The quantitative estimate of drug-likeness (QED) is 0.928. The van der Waals surface area contributed by atoms with E-state index < -0.39 is 0 Å². The fourth-order valence-corrected chi connectivity index (χ4v) is 2.69. The molecular formula is C17H20N2O3. The van der Waals surface area contributed by atoms with Crippen molar-refractivity contribution in [1.82, 2.24) is 0 Å². The fraction of sp³-hybridized carbons (Fsp3) is 0.412. The topological polar surface area (TPSA) is 59.9 Å². The van der Waals surface area contributed by atoms with Crippen LogP contribution in [-0.4, -0.2) is 31.3 Å². The molecule has 0 spiro atoms. The maximum absolute atomic E-state index is 11.5. The van der Waals surface area contributed by atoms with Crippen LogP contribution in [0, 0.1) is 0 Å². The maximum Gasteiger partial charge on any atom is 0.159 e. The van der Waals surface area contributed by atoms with Crippen molar-refractivity contribution in [2.45, 2.75) is 32.2 Å². The molecule has 1 aliphatic carbocycles. The minimum atomic E-state index is -0.348. The van der Waals surface area contributed by atoms with E-state index in [-0.39, 0.29) is 11.8 Å². The molecule has 5 heteroatoms. The lowest BCUT2D eigenvalue weighted by Crippen LogP contribution is -2.32. The molecule has 3 rings (SSSR count). The van der Waals surface area contributed by atoms with Crippen molar-refractivity contribution in [3.8, 4) is 5.75 Å². The Hall–Kier alpha value is -2.30. The standard InChI is InChI=1S/C17H20N2O3/c1-11(20)16-10-22-17-14(4-3-5-15(17)19-16)18-12-6-8-13(21-2)9-7-12/h6-9,16,18H,3-5,10H2,1-2H3. The number of carbonyl (C=O) groups excluding carboxylic acids is 1. The number of hydrogen-bond donors (Lipinski definition) is 1. The van der Waals surface area contributed by atoms with Crippen LogP contribution in [-0.2, 0) is 9.53 Å². The molecular weight excluding hydrogens is 280 g/mol. The Morgan fingerprint density at radius 3 is 2.77 bits per heavy atom. The molecule has 0 aromatic heterocycles. The molecule has 5 nitrogen and oxygen atoms in total. The highest BCUT2D eigenvalue weighted by atomic mass is 16.5. The number of hydrogen-bond acceptors (Lipinski definition) is 5. The Bertz CT molecular complexity index is 632.